The number of rotatable bonds is 8. The Morgan fingerprint density at radius 2 is 1.75 bits per heavy atom. The lowest BCUT2D eigenvalue weighted by Gasteiger charge is -2.09. The van der Waals surface area contributed by atoms with Gasteiger partial charge < -0.3 is 0 Å². The number of benzene rings is 1. The van der Waals surface area contributed by atoms with Gasteiger partial charge in [0.1, 0.15) is 5.75 Å². The summed E-state index contributed by atoms with van der Waals surface area (Å²) < 4.78 is 23.9. The van der Waals surface area contributed by atoms with E-state index in [0.29, 0.717) is 5.56 Å². The van der Waals surface area contributed by atoms with E-state index < -0.39 is 9.84 Å². The quantitative estimate of drug-likeness (QED) is 0.692. The molecule has 3 nitrogen and oxygen atoms in total. The summed E-state index contributed by atoms with van der Waals surface area (Å²) in [5.41, 5.74) is 1.66. The van der Waals surface area contributed by atoms with Gasteiger partial charge in [-0.1, -0.05) is 57.9 Å². The molecule has 1 atom stereocenters. The predicted octanol–water partition coefficient (Wildman–Crippen LogP) is 3.28. The summed E-state index contributed by atoms with van der Waals surface area (Å²) >= 11 is 0. The lowest BCUT2D eigenvalue weighted by Crippen LogP contribution is -2.22. The van der Waals surface area contributed by atoms with Crippen molar-refractivity contribution in [1.29, 1.82) is 0 Å². The largest absolute Gasteiger partial charge is 0.293 e. The number of ketones is 1. The van der Waals surface area contributed by atoms with Gasteiger partial charge in [0, 0.05) is 5.56 Å². The third-order valence-corrected chi connectivity index (χ3v) is 5.18. The highest BCUT2D eigenvalue weighted by atomic mass is 32.2. The van der Waals surface area contributed by atoms with Crippen LogP contribution in [0.4, 0.5) is 0 Å². The number of hydrogen-bond acceptors (Lipinski definition) is 3. The molecule has 0 saturated heterocycles. The van der Waals surface area contributed by atoms with E-state index in [0.717, 1.165) is 19.3 Å². The first-order valence-corrected chi connectivity index (χ1v) is 9.02. The summed E-state index contributed by atoms with van der Waals surface area (Å²) in [5.74, 6) is -0.510. The summed E-state index contributed by atoms with van der Waals surface area (Å²) in [6.45, 7) is 5.94. The molecule has 1 unspecified atom stereocenters. The first-order valence-electron chi connectivity index (χ1n) is 7.20. The molecule has 1 aromatic rings. The Morgan fingerprint density at radius 1 is 1.15 bits per heavy atom. The average molecular weight is 296 g/mol. The molecule has 4 heteroatoms. The van der Waals surface area contributed by atoms with E-state index in [9.17, 15) is 13.2 Å². The maximum Gasteiger partial charge on any atom is 0.177 e. The van der Waals surface area contributed by atoms with E-state index in [1.807, 2.05) is 26.0 Å². The van der Waals surface area contributed by atoms with Crippen molar-refractivity contribution >= 4 is 15.6 Å². The van der Waals surface area contributed by atoms with E-state index in [2.05, 4.69) is 6.92 Å². The molecular formula is C16H24O3S. The topological polar surface area (TPSA) is 51.2 Å². The highest BCUT2D eigenvalue weighted by Crippen LogP contribution is 2.11. The highest BCUT2D eigenvalue weighted by molar-refractivity contribution is 7.92. The van der Waals surface area contributed by atoms with Crippen molar-refractivity contribution in [2.45, 2.75) is 40.0 Å². The van der Waals surface area contributed by atoms with E-state index >= 15 is 0 Å². The predicted molar refractivity (Wildman–Crippen MR) is 82.9 cm³/mol. The Morgan fingerprint density at radius 3 is 2.25 bits per heavy atom. The number of hydrogen-bond donors (Lipinski definition) is 0. The van der Waals surface area contributed by atoms with Crippen molar-refractivity contribution in [1.82, 2.24) is 0 Å². The summed E-state index contributed by atoms with van der Waals surface area (Å²) in [4.78, 5) is 12.0. The van der Waals surface area contributed by atoms with Gasteiger partial charge in [0.15, 0.2) is 15.6 Å². The van der Waals surface area contributed by atoms with Gasteiger partial charge in [-0.05, 0) is 17.9 Å². The third kappa shape index (κ3) is 5.45. The molecule has 0 aromatic heterocycles. The van der Waals surface area contributed by atoms with Gasteiger partial charge in [-0.2, -0.15) is 0 Å². The highest BCUT2D eigenvalue weighted by Gasteiger charge is 2.20. The van der Waals surface area contributed by atoms with Gasteiger partial charge in [0.05, 0.1) is 5.75 Å². The first kappa shape index (κ1) is 16.9. The van der Waals surface area contributed by atoms with Crippen molar-refractivity contribution in [3.63, 3.8) is 0 Å². The molecule has 0 fully saturated rings. The van der Waals surface area contributed by atoms with Crippen LogP contribution in [0.2, 0.25) is 0 Å². The van der Waals surface area contributed by atoms with Crippen LogP contribution in [0, 0.1) is 5.92 Å². The number of sulfone groups is 1. The van der Waals surface area contributed by atoms with Crippen molar-refractivity contribution in [3.05, 3.63) is 35.4 Å². The second-order valence-corrected chi connectivity index (χ2v) is 7.55. The van der Waals surface area contributed by atoms with E-state index in [4.69, 9.17) is 0 Å². The van der Waals surface area contributed by atoms with Crippen molar-refractivity contribution in [2.24, 2.45) is 5.92 Å². The lowest BCUT2D eigenvalue weighted by atomic mass is 10.1. The molecule has 0 spiro atoms. The van der Waals surface area contributed by atoms with Gasteiger partial charge in [-0.3, -0.25) is 4.79 Å². The standard InChI is InChI=1S/C16H24O3S/c1-4-6-14-7-9-15(10-8-14)16(17)12-20(18,19)11-13(3)5-2/h7-10,13H,4-6,11-12H2,1-3H3. The molecule has 0 N–H and O–H groups in total. The molecule has 0 heterocycles. The van der Waals surface area contributed by atoms with E-state index in [1.165, 1.54) is 5.56 Å². The van der Waals surface area contributed by atoms with Crippen LogP contribution >= 0.6 is 0 Å². The molecule has 0 amide bonds. The Labute approximate surface area is 122 Å². The fourth-order valence-corrected chi connectivity index (χ4v) is 3.83. The van der Waals surface area contributed by atoms with Crippen molar-refractivity contribution < 1.29 is 13.2 Å². The van der Waals surface area contributed by atoms with Crippen LogP contribution in [0.5, 0.6) is 0 Å². The molecule has 0 bridgehead atoms. The number of carbonyl (C=O) groups excluding carboxylic acids is 1. The van der Waals surface area contributed by atoms with Gasteiger partial charge >= 0.3 is 0 Å². The van der Waals surface area contributed by atoms with E-state index in [1.54, 1.807) is 12.1 Å². The minimum atomic E-state index is -3.31. The minimum absolute atomic E-state index is 0.0865. The van der Waals surface area contributed by atoms with Gasteiger partial charge in [-0.25, -0.2) is 8.42 Å². The lowest BCUT2D eigenvalue weighted by molar-refractivity contribution is 0.102. The maximum absolute atomic E-state index is 12.0. The van der Waals surface area contributed by atoms with Crippen molar-refractivity contribution in [3.8, 4) is 0 Å². The Hall–Kier alpha value is -1.16. The smallest absolute Gasteiger partial charge is 0.177 e. The molecule has 0 aliphatic heterocycles. The van der Waals surface area contributed by atoms with Crippen LogP contribution in [0.1, 0.15) is 49.5 Å². The SMILES string of the molecule is CCCc1ccc(C(=O)CS(=O)(=O)CC(C)CC)cc1. The van der Waals surface area contributed by atoms with Crippen LogP contribution in [0.3, 0.4) is 0 Å². The van der Waals surface area contributed by atoms with Crippen LogP contribution in [-0.2, 0) is 16.3 Å². The Kier molecular flexibility index (Phi) is 6.40. The second kappa shape index (κ2) is 7.58. The Bertz CT molecular complexity index is 529. The zero-order valence-electron chi connectivity index (χ0n) is 12.6. The number of aryl methyl sites for hydroxylation is 1. The van der Waals surface area contributed by atoms with Crippen LogP contribution in [-0.4, -0.2) is 25.7 Å². The maximum atomic E-state index is 12.0. The summed E-state index contributed by atoms with van der Waals surface area (Å²) in [7, 11) is -3.31. The fourth-order valence-electron chi connectivity index (χ4n) is 2.04. The summed E-state index contributed by atoms with van der Waals surface area (Å²) in [6, 6.07) is 7.26. The molecule has 0 aliphatic rings. The van der Waals surface area contributed by atoms with E-state index in [-0.39, 0.29) is 23.2 Å². The van der Waals surface area contributed by atoms with Crippen LogP contribution < -0.4 is 0 Å². The van der Waals surface area contributed by atoms with Gasteiger partial charge in [-0.15, -0.1) is 0 Å². The molecule has 0 aliphatic carbocycles. The summed E-state index contributed by atoms with van der Waals surface area (Å²) in [6.07, 6.45) is 2.83. The van der Waals surface area contributed by atoms with Gasteiger partial charge in [0.25, 0.3) is 0 Å². The minimum Gasteiger partial charge on any atom is -0.293 e. The molecule has 1 aromatic carbocycles. The molecule has 112 valence electrons. The van der Waals surface area contributed by atoms with Crippen LogP contribution in [0.25, 0.3) is 0 Å². The molecule has 1 rings (SSSR count). The van der Waals surface area contributed by atoms with Gasteiger partial charge in [0.2, 0.25) is 0 Å². The molecular weight excluding hydrogens is 272 g/mol. The zero-order valence-corrected chi connectivity index (χ0v) is 13.4. The fraction of sp³-hybridized carbons (Fsp3) is 0.562. The van der Waals surface area contributed by atoms with Crippen molar-refractivity contribution in [2.75, 3.05) is 11.5 Å². The monoisotopic (exact) mass is 296 g/mol. The molecule has 20 heavy (non-hydrogen) atoms. The third-order valence-electron chi connectivity index (χ3n) is 3.40. The summed E-state index contributed by atoms with van der Waals surface area (Å²) in [5, 5.41) is 0. The average Bonchev–Trinajstić information content (AvgIpc) is 2.38. The normalized spacial score (nSPS) is 13.2. The Balaban J connectivity index is 2.71. The molecule has 0 radical (unpaired) electrons. The number of carbonyl (C=O) groups is 1. The van der Waals surface area contributed by atoms with Crippen LogP contribution in [0.15, 0.2) is 24.3 Å². The second-order valence-electron chi connectivity index (χ2n) is 5.44. The molecule has 0 saturated carbocycles. The zero-order chi connectivity index (χ0) is 15.2. The number of Topliss-reactive ketones (excluding diaryl/α,β-unsaturated/α-hetero) is 1. The first-order chi connectivity index (χ1) is 9.38.